The van der Waals surface area contributed by atoms with E-state index in [2.05, 4.69) is 65.3 Å². The summed E-state index contributed by atoms with van der Waals surface area (Å²) in [6.07, 6.45) is 0. The third-order valence-corrected chi connectivity index (χ3v) is 17.5. The Morgan fingerprint density at radius 1 is 0.737 bits per heavy atom. The molecular weight excluding hydrogens is 284 g/mol. The van der Waals surface area contributed by atoms with Crippen molar-refractivity contribution in [3.05, 3.63) is 24.6 Å². The van der Waals surface area contributed by atoms with E-state index >= 15 is 0 Å². The van der Waals surface area contributed by atoms with Crippen molar-refractivity contribution in [2.45, 2.75) is 65.0 Å². The third-order valence-electron chi connectivity index (χ3n) is 4.04. The molecule has 0 aliphatic rings. The largest absolute Gasteiger partial charge is 0.433 e. The van der Waals surface area contributed by atoms with Gasteiger partial charge in [0.1, 0.15) is 0 Å². The van der Waals surface area contributed by atoms with E-state index in [4.69, 9.17) is 8.23 Å². The predicted molar refractivity (Wildman–Crippen MR) is 93.5 cm³/mol. The van der Waals surface area contributed by atoms with Gasteiger partial charge in [-0.3, -0.25) is 0 Å². The van der Waals surface area contributed by atoms with Crippen molar-refractivity contribution in [2.24, 2.45) is 0 Å². The van der Waals surface area contributed by atoms with E-state index in [0.29, 0.717) is 0 Å². The Morgan fingerprint density at radius 3 is 1.16 bits per heavy atom. The molecule has 0 rings (SSSR count). The Labute approximate surface area is 123 Å². The molecule has 0 heterocycles. The lowest BCUT2D eigenvalue weighted by Crippen LogP contribution is -2.54. The molecule has 0 aliphatic carbocycles. The monoisotopic (exact) mass is 316 g/mol. The van der Waals surface area contributed by atoms with Crippen LogP contribution in [-0.4, -0.2) is 25.2 Å². The Balaban J connectivity index is 5.07. The molecule has 0 fully saturated rings. The first-order chi connectivity index (χ1) is 8.78. The van der Waals surface area contributed by atoms with Gasteiger partial charge in [0.15, 0.2) is 0 Å². The molecule has 0 aromatic carbocycles. The maximum absolute atomic E-state index is 6.56. The molecule has 0 unspecified atom stereocenters. The van der Waals surface area contributed by atoms with E-state index in [1.807, 2.05) is 0 Å². The zero-order valence-electron chi connectivity index (χ0n) is 13.7. The fourth-order valence-corrected chi connectivity index (χ4v) is 16.0. The van der Waals surface area contributed by atoms with Crippen LogP contribution in [0.3, 0.4) is 0 Å². The second-order valence-corrected chi connectivity index (χ2v) is 17.9. The van der Waals surface area contributed by atoms with Gasteiger partial charge in [-0.15, -0.1) is 13.2 Å². The second-order valence-electron chi connectivity index (χ2n) is 5.56. The molecule has 0 spiro atoms. The normalized spacial score (nSPS) is 13.4. The van der Waals surface area contributed by atoms with Gasteiger partial charge in [-0.25, -0.2) is 0 Å². The number of rotatable bonds is 10. The van der Waals surface area contributed by atoms with Crippen molar-refractivity contribution in [3.8, 4) is 0 Å². The summed E-state index contributed by atoms with van der Waals surface area (Å²) in [5.41, 5.74) is 4.17. The minimum absolute atomic E-state index is 1.08. The van der Waals surface area contributed by atoms with Crippen molar-refractivity contribution in [2.75, 3.05) is 0 Å². The summed E-state index contributed by atoms with van der Waals surface area (Å²) in [4.78, 5) is 0. The first kappa shape index (κ1) is 19.1. The summed E-state index contributed by atoms with van der Waals surface area (Å²) in [5, 5.41) is 0. The Kier molecular flexibility index (Phi) is 7.75. The topological polar surface area (TPSA) is 18.5 Å². The van der Waals surface area contributed by atoms with Gasteiger partial charge in [0.05, 0.1) is 0 Å². The van der Waals surface area contributed by atoms with Crippen LogP contribution in [0.1, 0.15) is 27.7 Å². The molecule has 0 N–H and O–H groups in total. The summed E-state index contributed by atoms with van der Waals surface area (Å²) in [5.74, 6) is 0. The lowest BCUT2D eigenvalue weighted by Gasteiger charge is -2.40. The van der Waals surface area contributed by atoms with Gasteiger partial charge in [0.2, 0.25) is 16.6 Å². The fraction of sp³-hybridized carbons (Fsp3) is 0.714. The van der Waals surface area contributed by atoms with Gasteiger partial charge < -0.3 is 8.23 Å². The molecule has 0 aromatic rings. The highest BCUT2D eigenvalue weighted by Gasteiger charge is 2.42. The van der Waals surface area contributed by atoms with Gasteiger partial charge in [-0.1, -0.05) is 39.1 Å². The SMILES string of the molecule is C=C[Si](CC)(CC)O[Si](C)(C)O[Si](C=C)(CC)CC. The van der Waals surface area contributed by atoms with Crippen LogP contribution in [0, 0.1) is 0 Å². The van der Waals surface area contributed by atoms with Gasteiger partial charge in [-0.05, 0) is 37.3 Å². The highest BCUT2D eigenvalue weighted by atomic mass is 28.5. The van der Waals surface area contributed by atoms with E-state index in [9.17, 15) is 0 Å². The Hall–Kier alpha value is 0.0506. The van der Waals surface area contributed by atoms with Gasteiger partial charge in [0.25, 0.3) is 0 Å². The van der Waals surface area contributed by atoms with E-state index in [-0.39, 0.29) is 0 Å². The molecule has 19 heavy (non-hydrogen) atoms. The zero-order valence-corrected chi connectivity index (χ0v) is 16.7. The molecule has 0 amide bonds. The van der Waals surface area contributed by atoms with Crippen molar-refractivity contribution in [1.29, 1.82) is 0 Å². The van der Waals surface area contributed by atoms with Crippen LogP contribution in [0.4, 0.5) is 0 Å². The highest BCUT2D eigenvalue weighted by Crippen LogP contribution is 2.29. The van der Waals surface area contributed by atoms with Crippen LogP contribution in [0.15, 0.2) is 24.6 Å². The fourth-order valence-electron chi connectivity index (χ4n) is 2.45. The summed E-state index contributed by atoms with van der Waals surface area (Å²) in [6.45, 7) is 21.2. The van der Waals surface area contributed by atoms with E-state index < -0.39 is 25.2 Å². The molecule has 112 valence electrons. The lowest BCUT2D eigenvalue weighted by atomic mass is 10.9. The van der Waals surface area contributed by atoms with Crippen molar-refractivity contribution < 1.29 is 8.23 Å². The molecular formula is C14H32O2Si3. The van der Waals surface area contributed by atoms with Crippen LogP contribution in [0.5, 0.6) is 0 Å². The van der Waals surface area contributed by atoms with E-state index in [1.165, 1.54) is 0 Å². The molecule has 2 nitrogen and oxygen atoms in total. The Bertz CT molecular complexity index is 267. The third kappa shape index (κ3) is 5.15. The van der Waals surface area contributed by atoms with Crippen molar-refractivity contribution >= 4 is 25.2 Å². The summed E-state index contributed by atoms with van der Waals surface area (Å²) in [6, 6.07) is 4.31. The molecule has 5 heteroatoms. The standard InChI is InChI=1S/C14H32O2Si3/c1-9-18(10-2,11-3)15-17(7,8)16-19(12-4,13-5)14-6/h9,12H,1,4,10-11,13-14H2,2-3,5-8H3. The first-order valence-electron chi connectivity index (χ1n) is 7.45. The van der Waals surface area contributed by atoms with E-state index in [0.717, 1.165) is 24.2 Å². The molecule has 0 atom stereocenters. The predicted octanol–water partition coefficient (Wildman–Crippen LogP) is 5.14. The minimum atomic E-state index is -2.12. The average molecular weight is 317 g/mol. The maximum Gasteiger partial charge on any atom is 0.311 e. The minimum Gasteiger partial charge on any atom is -0.433 e. The molecule has 0 bridgehead atoms. The maximum atomic E-state index is 6.56. The van der Waals surface area contributed by atoms with Crippen LogP contribution in [0.2, 0.25) is 37.3 Å². The molecule has 0 radical (unpaired) electrons. The average Bonchev–Trinajstić information content (AvgIpc) is 2.42. The smallest absolute Gasteiger partial charge is 0.311 e. The van der Waals surface area contributed by atoms with Crippen LogP contribution in [0.25, 0.3) is 0 Å². The zero-order chi connectivity index (χ0) is 15.2. The Morgan fingerprint density at radius 2 is 1.00 bits per heavy atom. The highest BCUT2D eigenvalue weighted by molar-refractivity contribution is 6.92. The quantitative estimate of drug-likeness (QED) is 0.519. The van der Waals surface area contributed by atoms with Crippen LogP contribution >= 0.6 is 0 Å². The lowest BCUT2D eigenvalue weighted by molar-refractivity contribution is 0.389. The summed E-state index contributed by atoms with van der Waals surface area (Å²) < 4.78 is 13.1. The molecule has 0 aromatic heterocycles. The number of hydrogen-bond donors (Lipinski definition) is 0. The van der Waals surface area contributed by atoms with Crippen molar-refractivity contribution in [1.82, 2.24) is 0 Å². The molecule has 0 saturated carbocycles. The van der Waals surface area contributed by atoms with Gasteiger partial charge >= 0.3 is 8.56 Å². The van der Waals surface area contributed by atoms with Gasteiger partial charge in [0, 0.05) is 0 Å². The number of hydrogen-bond acceptors (Lipinski definition) is 2. The van der Waals surface area contributed by atoms with Crippen LogP contribution < -0.4 is 0 Å². The molecule has 0 saturated heterocycles. The van der Waals surface area contributed by atoms with Gasteiger partial charge in [-0.2, -0.15) is 0 Å². The van der Waals surface area contributed by atoms with Crippen LogP contribution in [-0.2, 0) is 8.23 Å². The molecule has 0 aliphatic heterocycles. The summed E-state index contributed by atoms with van der Waals surface area (Å²) in [7, 11) is -5.72. The first-order valence-corrected chi connectivity index (χ1v) is 15.1. The summed E-state index contributed by atoms with van der Waals surface area (Å²) >= 11 is 0. The second kappa shape index (κ2) is 7.73. The van der Waals surface area contributed by atoms with Crippen molar-refractivity contribution in [3.63, 3.8) is 0 Å². The van der Waals surface area contributed by atoms with E-state index in [1.54, 1.807) is 0 Å².